The second-order valence-corrected chi connectivity index (χ2v) is 13.3. The number of nitrogens with zero attached hydrogens (tertiary/aromatic N) is 3. The van der Waals surface area contributed by atoms with Crippen molar-refractivity contribution in [2.24, 2.45) is 11.3 Å². The fraction of sp³-hybridized carbons (Fsp3) is 0.577. The lowest BCUT2D eigenvalue weighted by atomic mass is 9.89. The first-order chi connectivity index (χ1) is 18.3. The summed E-state index contributed by atoms with van der Waals surface area (Å²) >= 11 is 0. The molecule has 1 aromatic heterocycles. The normalized spacial score (nSPS) is 25.5. The highest BCUT2D eigenvalue weighted by Gasteiger charge is 2.51. The van der Waals surface area contributed by atoms with Gasteiger partial charge in [-0.15, -0.1) is 0 Å². The number of benzene rings is 1. The Labute approximate surface area is 224 Å². The van der Waals surface area contributed by atoms with E-state index in [2.05, 4.69) is 10.4 Å². The molecule has 3 aliphatic rings. The van der Waals surface area contributed by atoms with Crippen LogP contribution < -0.4 is 5.32 Å². The number of amides is 1. The van der Waals surface area contributed by atoms with E-state index in [0.717, 1.165) is 12.1 Å². The Morgan fingerprint density at radius 2 is 2.00 bits per heavy atom. The zero-order valence-corrected chi connectivity index (χ0v) is 22.3. The van der Waals surface area contributed by atoms with Crippen molar-refractivity contribution >= 4 is 15.7 Å². The third-order valence-electron chi connectivity index (χ3n) is 7.87. The molecule has 13 heteroatoms. The molecule has 0 unspecified atom stereocenters. The van der Waals surface area contributed by atoms with E-state index < -0.39 is 55.2 Å². The number of aromatic nitrogens is 2. The molecule has 210 valence electrons. The maximum Gasteiger partial charge on any atom is 0.417 e. The standard InChI is InChI=1S/C26H29F3N4O5S/c1-24(14-38-15-24)13-33-11-17(10-31-33)16-3-4-22(20(7-16)26(27,28)29)39(35,36)18-8-19(21(9-18)37-2)23(34)32-25(12-30)5-6-25/h3-4,7,10-11,18-19,21H,5-6,8-9,13-15H2,1-2H3,(H,32,34)/t18-,19-,21-/m1/s1. The van der Waals surface area contributed by atoms with Gasteiger partial charge >= 0.3 is 6.18 Å². The summed E-state index contributed by atoms with van der Waals surface area (Å²) in [7, 11) is -3.16. The van der Waals surface area contributed by atoms with Crippen LogP contribution in [-0.4, -0.2) is 61.3 Å². The van der Waals surface area contributed by atoms with Crippen molar-refractivity contribution in [1.82, 2.24) is 15.1 Å². The van der Waals surface area contributed by atoms with E-state index >= 15 is 0 Å². The van der Waals surface area contributed by atoms with Crippen LogP contribution in [0, 0.1) is 22.7 Å². The predicted molar refractivity (Wildman–Crippen MR) is 132 cm³/mol. The van der Waals surface area contributed by atoms with Crippen LogP contribution in [0.2, 0.25) is 0 Å². The van der Waals surface area contributed by atoms with Gasteiger partial charge in [-0.05, 0) is 43.4 Å². The minimum absolute atomic E-state index is 0.0949. The fourth-order valence-corrected chi connectivity index (χ4v) is 7.36. The van der Waals surface area contributed by atoms with E-state index in [-0.39, 0.29) is 23.8 Å². The highest BCUT2D eigenvalue weighted by molar-refractivity contribution is 7.92. The van der Waals surface area contributed by atoms with Crippen LogP contribution in [0.3, 0.4) is 0 Å². The number of carbonyl (C=O) groups excluding carboxylic acids is 1. The lowest BCUT2D eigenvalue weighted by molar-refractivity contribution is -0.139. The van der Waals surface area contributed by atoms with Crippen molar-refractivity contribution in [2.45, 2.75) is 67.1 Å². The molecule has 1 aliphatic heterocycles. The second-order valence-electron chi connectivity index (χ2n) is 11.1. The number of hydrogen-bond donors (Lipinski definition) is 1. The average Bonchev–Trinajstić information content (AvgIpc) is 3.26. The van der Waals surface area contributed by atoms with Crippen molar-refractivity contribution in [3.8, 4) is 17.2 Å². The van der Waals surface area contributed by atoms with Crippen LogP contribution in [0.15, 0.2) is 35.5 Å². The molecule has 2 aromatic rings. The molecule has 2 heterocycles. The summed E-state index contributed by atoms with van der Waals surface area (Å²) in [6, 6.07) is 5.20. The summed E-state index contributed by atoms with van der Waals surface area (Å²) in [5.41, 5.74) is -1.70. The van der Waals surface area contributed by atoms with Gasteiger partial charge in [0.05, 0.1) is 59.8 Å². The largest absolute Gasteiger partial charge is 0.417 e. The lowest BCUT2D eigenvalue weighted by Gasteiger charge is -2.37. The van der Waals surface area contributed by atoms with Gasteiger partial charge in [-0.1, -0.05) is 13.0 Å². The topological polar surface area (TPSA) is 123 Å². The number of nitrogens with one attached hydrogen (secondary N) is 1. The highest BCUT2D eigenvalue weighted by atomic mass is 32.2. The Kier molecular flexibility index (Phi) is 6.80. The van der Waals surface area contributed by atoms with Gasteiger partial charge in [-0.3, -0.25) is 9.48 Å². The van der Waals surface area contributed by atoms with Crippen LogP contribution in [0.25, 0.3) is 11.1 Å². The summed E-state index contributed by atoms with van der Waals surface area (Å²) in [4.78, 5) is 12.0. The minimum atomic E-state index is -4.94. The summed E-state index contributed by atoms with van der Waals surface area (Å²) < 4.78 is 82.0. The highest BCUT2D eigenvalue weighted by Crippen LogP contribution is 2.43. The van der Waals surface area contributed by atoms with Crippen LogP contribution >= 0.6 is 0 Å². The van der Waals surface area contributed by atoms with Gasteiger partial charge in [0.25, 0.3) is 0 Å². The summed E-state index contributed by atoms with van der Waals surface area (Å²) in [6.45, 7) is 3.70. The zero-order valence-electron chi connectivity index (χ0n) is 21.5. The molecule has 1 N–H and O–H groups in total. The van der Waals surface area contributed by atoms with Crippen molar-refractivity contribution in [1.29, 1.82) is 5.26 Å². The molecule has 0 bridgehead atoms. The second kappa shape index (κ2) is 9.60. The Hall–Kier alpha value is -2.95. The Morgan fingerprint density at radius 1 is 1.28 bits per heavy atom. The van der Waals surface area contributed by atoms with E-state index in [1.54, 1.807) is 10.9 Å². The maximum absolute atomic E-state index is 14.2. The predicted octanol–water partition coefficient (Wildman–Crippen LogP) is 3.35. The SMILES string of the molecule is CO[C@@H]1C[C@H](S(=O)(=O)c2ccc(-c3cnn(CC4(C)COC4)c3)cc2C(F)(F)F)C[C@H]1C(=O)NC1(C#N)CC1. The number of alkyl halides is 3. The number of rotatable bonds is 8. The molecule has 5 rings (SSSR count). The van der Waals surface area contributed by atoms with Gasteiger partial charge in [0.2, 0.25) is 5.91 Å². The Bertz CT molecular complexity index is 1420. The quantitative estimate of drug-likeness (QED) is 0.520. The smallest absolute Gasteiger partial charge is 0.381 e. The summed E-state index contributed by atoms with van der Waals surface area (Å²) in [5.74, 6) is -1.42. The molecule has 1 saturated heterocycles. The van der Waals surface area contributed by atoms with E-state index in [9.17, 15) is 31.6 Å². The van der Waals surface area contributed by atoms with Gasteiger partial charge in [-0.25, -0.2) is 8.42 Å². The zero-order chi connectivity index (χ0) is 28.2. The molecule has 39 heavy (non-hydrogen) atoms. The average molecular weight is 567 g/mol. The first kappa shape index (κ1) is 27.6. The number of nitriles is 1. The van der Waals surface area contributed by atoms with Crippen molar-refractivity contribution in [3.05, 3.63) is 36.2 Å². The van der Waals surface area contributed by atoms with Gasteiger partial charge in [-0.2, -0.15) is 23.5 Å². The number of hydrogen-bond acceptors (Lipinski definition) is 7. The Morgan fingerprint density at radius 3 is 2.56 bits per heavy atom. The first-order valence-electron chi connectivity index (χ1n) is 12.6. The molecule has 0 spiro atoms. The summed E-state index contributed by atoms with van der Waals surface area (Å²) in [6.07, 6.45) is -2.01. The van der Waals surface area contributed by atoms with Crippen molar-refractivity contribution in [3.63, 3.8) is 0 Å². The maximum atomic E-state index is 14.2. The third kappa shape index (κ3) is 5.29. The van der Waals surface area contributed by atoms with Gasteiger partial charge in [0, 0.05) is 24.3 Å². The van der Waals surface area contributed by atoms with E-state index in [1.165, 1.54) is 19.4 Å². The fourth-order valence-electron chi connectivity index (χ4n) is 5.35. The molecule has 9 nitrogen and oxygen atoms in total. The molecule has 1 aromatic carbocycles. The van der Waals surface area contributed by atoms with Crippen molar-refractivity contribution < 1.29 is 35.9 Å². The molecule has 3 fully saturated rings. The van der Waals surface area contributed by atoms with E-state index in [4.69, 9.17) is 9.47 Å². The molecule has 0 radical (unpaired) electrons. The summed E-state index contributed by atoms with van der Waals surface area (Å²) in [5, 5.41) is 14.9. The monoisotopic (exact) mass is 566 g/mol. The van der Waals surface area contributed by atoms with E-state index in [1.807, 2.05) is 13.0 Å². The number of carbonyl (C=O) groups is 1. The molecule has 2 aliphatic carbocycles. The van der Waals surface area contributed by atoms with Gasteiger partial charge in [0.1, 0.15) is 5.54 Å². The molecule has 2 saturated carbocycles. The van der Waals surface area contributed by atoms with Crippen LogP contribution in [0.4, 0.5) is 13.2 Å². The molecular weight excluding hydrogens is 537 g/mol. The number of halogens is 3. The van der Waals surface area contributed by atoms with Crippen molar-refractivity contribution in [2.75, 3.05) is 20.3 Å². The minimum Gasteiger partial charge on any atom is -0.381 e. The molecular formula is C26H29F3N4O5S. The number of ether oxygens (including phenoxy) is 2. The number of sulfone groups is 1. The van der Waals surface area contributed by atoms with E-state index in [0.29, 0.717) is 38.2 Å². The van der Waals surface area contributed by atoms with Crippen LogP contribution in [0.5, 0.6) is 0 Å². The van der Waals surface area contributed by atoms with Gasteiger partial charge < -0.3 is 14.8 Å². The lowest BCUT2D eigenvalue weighted by Crippen LogP contribution is -2.43. The third-order valence-corrected chi connectivity index (χ3v) is 10.1. The molecule has 1 amide bonds. The van der Waals surface area contributed by atoms with Crippen LogP contribution in [0.1, 0.15) is 38.2 Å². The Balaban J connectivity index is 1.41. The molecule has 3 atom stereocenters. The first-order valence-corrected chi connectivity index (χ1v) is 14.2. The van der Waals surface area contributed by atoms with Crippen LogP contribution in [-0.2, 0) is 36.8 Å². The number of methoxy groups -OCH3 is 1. The van der Waals surface area contributed by atoms with Gasteiger partial charge in [0.15, 0.2) is 9.84 Å².